The van der Waals surface area contributed by atoms with Crippen LogP contribution < -0.4 is 11.1 Å². The highest BCUT2D eigenvalue weighted by Gasteiger charge is 2.18. The van der Waals surface area contributed by atoms with Gasteiger partial charge in [0.2, 0.25) is 0 Å². The van der Waals surface area contributed by atoms with Gasteiger partial charge in [0.1, 0.15) is 23.3 Å². The molecule has 0 unspecified atom stereocenters. The molecule has 0 radical (unpaired) electrons. The standard InChI is InChI=1S/C14H16ClFN4/c1-14(2,3)13-19-11(17)7-12(20-13)18-8-4-5-9(15)10(16)6-8/h4-7H,1-3H3,(H3,17,18,19,20). The molecule has 2 rings (SSSR count). The highest BCUT2D eigenvalue weighted by atomic mass is 35.5. The Labute approximate surface area is 122 Å². The van der Waals surface area contributed by atoms with Crippen molar-refractivity contribution < 1.29 is 4.39 Å². The zero-order valence-corrected chi connectivity index (χ0v) is 12.3. The van der Waals surface area contributed by atoms with Crippen molar-refractivity contribution in [1.82, 2.24) is 9.97 Å². The summed E-state index contributed by atoms with van der Waals surface area (Å²) in [6.07, 6.45) is 0. The molecule has 0 bridgehead atoms. The van der Waals surface area contributed by atoms with Crippen molar-refractivity contribution in [2.45, 2.75) is 26.2 Å². The molecule has 20 heavy (non-hydrogen) atoms. The average molecular weight is 295 g/mol. The van der Waals surface area contributed by atoms with E-state index < -0.39 is 5.82 Å². The van der Waals surface area contributed by atoms with Crippen LogP contribution in [-0.4, -0.2) is 9.97 Å². The van der Waals surface area contributed by atoms with Crippen LogP contribution in [0.1, 0.15) is 26.6 Å². The molecule has 0 aliphatic carbocycles. The topological polar surface area (TPSA) is 63.8 Å². The van der Waals surface area contributed by atoms with Crippen molar-refractivity contribution in [3.8, 4) is 0 Å². The van der Waals surface area contributed by atoms with Crippen LogP contribution in [0.5, 0.6) is 0 Å². The minimum absolute atomic E-state index is 0.0770. The minimum atomic E-state index is -0.491. The number of nitrogens with one attached hydrogen (secondary N) is 1. The van der Waals surface area contributed by atoms with E-state index in [0.717, 1.165) is 0 Å². The van der Waals surface area contributed by atoms with Gasteiger partial charge in [-0.3, -0.25) is 0 Å². The van der Waals surface area contributed by atoms with Crippen LogP contribution in [0.2, 0.25) is 5.02 Å². The number of nitrogens with two attached hydrogens (primary N) is 1. The average Bonchev–Trinajstić information content (AvgIpc) is 2.32. The molecule has 106 valence electrons. The smallest absolute Gasteiger partial charge is 0.143 e. The monoisotopic (exact) mass is 294 g/mol. The number of anilines is 3. The van der Waals surface area contributed by atoms with E-state index >= 15 is 0 Å². The normalized spacial score (nSPS) is 11.4. The van der Waals surface area contributed by atoms with Gasteiger partial charge in [0, 0.05) is 17.2 Å². The number of hydrogen-bond donors (Lipinski definition) is 2. The second-order valence-electron chi connectivity index (χ2n) is 5.51. The van der Waals surface area contributed by atoms with E-state index in [2.05, 4.69) is 15.3 Å². The molecule has 0 aliphatic heterocycles. The van der Waals surface area contributed by atoms with Crippen LogP contribution in [0.3, 0.4) is 0 Å². The number of nitrogen functional groups attached to an aromatic ring is 1. The van der Waals surface area contributed by atoms with E-state index in [0.29, 0.717) is 23.1 Å². The van der Waals surface area contributed by atoms with Gasteiger partial charge in [0.25, 0.3) is 0 Å². The Morgan fingerprint density at radius 1 is 1.20 bits per heavy atom. The molecule has 0 saturated heterocycles. The third kappa shape index (κ3) is 3.36. The molecule has 0 saturated carbocycles. The van der Waals surface area contributed by atoms with Gasteiger partial charge in [-0.25, -0.2) is 14.4 Å². The van der Waals surface area contributed by atoms with Gasteiger partial charge in [-0.05, 0) is 18.2 Å². The van der Waals surface area contributed by atoms with Crippen LogP contribution in [-0.2, 0) is 5.41 Å². The zero-order valence-electron chi connectivity index (χ0n) is 11.5. The summed E-state index contributed by atoms with van der Waals surface area (Å²) in [6, 6.07) is 6.05. The Balaban J connectivity index is 2.33. The molecule has 1 heterocycles. The van der Waals surface area contributed by atoms with Crippen LogP contribution in [0.15, 0.2) is 24.3 Å². The van der Waals surface area contributed by atoms with Crippen LogP contribution >= 0.6 is 11.6 Å². The van der Waals surface area contributed by atoms with Crippen LogP contribution in [0.4, 0.5) is 21.7 Å². The summed E-state index contributed by atoms with van der Waals surface area (Å²) in [5.74, 6) is 1.01. The van der Waals surface area contributed by atoms with Crippen molar-refractivity contribution in [1.29, 1.82) is 0 Å². The molecule has 4 nitrogen and oxygen atoms in total. The summed E-state index contributed by atoms with van der Waals surface area (Å²) in [7, 11) is 0. The zero-order chi connectivity index (χ0) is 14.9. The Bertz CT molecular complexity index is 638. The first kappa shape index (κ1) is 14.5. The van der Waals surface area contributed by atoms with E-state index in [1.165, 1.54) is 12.1 Å². The van der Waals surface area contributed by atoms with E-state index in [9.17, 15) is 4.39 Å². The predicted molar refractivity (Wildman–Crippen MR) is 79.8 cm³/mol. The summed E-state index contributed by atoms with van der Waals surface area (Å²) in [4.78, 5) is 8.60. The molecule has 3 N–H and O–H groups in total. The van der Waals surface area contributed by atoms with E-state index in [1.54, 1.807) is 12.1 Å². The molecule has 1 aromatic carbocycles. The van der Waals surface area contributed by atoms with E-state index in [4.69, 9.17) is 17.3 Å². The number of aromatic nitrogens is 2. The van der Waals surface area contributed by atoms with Gasteiger partial charge in [0.05, 0.1) is 5.02 Å². The first-order valence-corrected chi connectivity index (χ1v) is 6.50. The first-order valence-electron chi connectivity index (χ1n) is 6.13. The lowest BCUT2D eigenvalue weighted by Gasteiger charge is -2.18. The predicted octanol–water partition coefficient (Wildman–Crippen LogP) is 3.89. The van der Waals surface area contributed by atoms with Crippen LogP contribution in [0.25, 0.3) is 0 Å². The lowest BCUT2D eigenvalue weighted by molar-refractivity contribution is 0.547. The van der Waals surface area contributed by atoms with Crippen LogP contribution in [0, 0.1) is 5.82 Å². The molecule has 0 aliphatic rings. The second-order valence-corrected chi connectivity index (χ2v) is 5.91. The number of halogens is 2. The quantitative estimate of drug-likeness (QED) is 0.882. The Morgan fingerprint density at radius 3 is 2.50 bits per heavy atom. The minimum Gasteiger partial charge on any atom is -0.384 e. The summed E-state index contributed by atoms with van der Waals surface area (Å²) in [5.41, 5.74) is 6.10. The number of benzene rings is 1. The third-order valence-corrected chi connectivity index (χ3v) is 2.92. The summed E-state index contributed by atoms with van der Waals surface area (Å²) in [6.45, 7) is 5.98. The number of rotatable bonds is 2. The molecule has 2 aromatic rings. The lowest BCUT2D eigenvalue weighted by Crippen LogP contribution is -2.17. The van der Waals surface area contributed by atoms with Gasteiger partial charge in [-0.15, -0.1) is 0 Å². The Morgan fingerprint density at radius 2 is 1.90 bits per heavy atom. The summed E-state index contributed by atoms with van der Waals surface area (Å²) in [5, 5.41) is 3.07. The summed E-state index contributed by atoms with van der Waals surface area (Å²) < 4.78 is 13.4. The highest BCUT2D eigenvalue weighted by Crippen LogP contribution is 2.24. The summed E-state index contributed by atoms with van der Waals surface area (Å²) >= 11 is 5.65. The van der Waals surface area contributed by atoms with E-state index in [1.807, 2.05) is 20.8 Å². The maximum atomic E-state index is 13.4. The lowest BCUT2D eigenvalue weighted by atomic mass is 9.96. The molecule has 0 fully saturated rings. The van der Waals surface area contributed by atoms with Crippen molar-refractivity contribution in [3.05, 3.63) is 40.9 Å². The molecule has 6 heteroatoms. The fraction of sp³-hybridized carbons (Fsp3) is 0.286. The molecule has 0 amide bonds. The largest absolute Gasteiger partial charge is 0.384 e. The molecular weight excluding hydrogens is 279 g/mol. The third-order valence-electron chi connectivity index (χ3n) is 2.61. The second kappa shape index (κ2) is 5.25. The van der Waals surface area contributed by atoms with Gasteiger partial charge in [-0.2, -0.15) is 0 Å². The van der Waals surface area contributed by atoms with Crippen molar-refractivity contribution >= 4 is 28.9 Å². The number of hydrogen-bond acceptors (Lipinski definition) is 4. The maximum Gasteiger partial charge on any atom is 0.143 e. The Kier molecular flexibility index (Phi) is 3.81. The van der Waals surface area contributed by atoms with E-state index in [-0.39, 0.29) is 10.4 Å². The fourth-order valence-electron chi connectivity index (χ4n) is 1.59. The first-order chi connectivity index (χ1) is 9.25. The maximum absolute atomic E-state index is 13.4. The Hall–Kier alpha value is -1.88. The highest BCUT2D eigenvalue weighted by molar-refractivity contribution is 6.30. The van der Waals surface area contributed by atoms with Gasteiger partial charge in [-0.1, -0.05) is 32.4 Å². The van der Waals surface area contributed by atoms with Gasteiger partial charge >= 0.3 is 0 Å². The van der Waals surface area contributed by atoms with Crippen molar-refractivity contribution in [3.63, 3.8) is 0 Å². The molecular formula is C14H16ClFN4. The SMILES string of the molecule is CC(C)(C)c1nc(N)cc(Nc2ccc(Cl)c(F)c2)n1. The van der Waals surface area contributed by atoms with Gasteiger partial charge in [0.15, 0.2) is 0 Å². The van der Waals surface area contributed by atoms with Gasteiger partial charge < -0.3 is 11.1 Å². The van der Waals surface area contributed by atoms with Crippen molar-refractivity contribution in [2.75, 3.05) is 11.1 Å². The number of nitrogens with zero attached hydrogens (tertiary/aromatic N) is 2. The fourth-order valence-corrected chi connectivity index (χ4v) is 1.70. The van der Waals surface area contributed by atoms with Crippen molar-refractivity contribution in [2.24, 2.45) is 0 Å². The molecule has 1 aromatic heterocycles. The molecule has 0 spiro atoms. The molecule has 0 atom stereocenters.